The Labute approximate surface area is 142 Å². The van der Waals surface area contributed by atoms with Crippen molar-refractivity contribution >= 4 is 35.0 Å². The zero-order chi connectivity index (χ0) is 16.4. The van der Waals surface area contributed by atoms with Crippen molar-refractivity contribution in [3.8, 4) is 5.75 Å². The maximum Gasteiger partial charge on any atom is 0.277 e. The van der Waals surface area contributed by atoms with Gasteiger partial charge in [-0.05, 0) is 38.0 Å². The number of rotatable bonds is 6. The number of aromatic nitrogens is 2. The van der Waals surface area contributed by atoms with Gasteiger partial charge in [0.25, 0.3) is 5.22 Å². The molecule has 1 heterocycles. The van der Waals surface area contributed by atoms with Gasteiger partial charge in [0.2, 0.25) is 11.8 Å². The topological polar surface area (TPSA) is 77.2 Å². The van der Waals surface area contributed by atoms with Gasteiger partial charge in [-0.2, -0.15) is 0 Å². The van der Waals surface area contributed by atoms with E-state index in [-0.39, 0.29) is 5.91 Å². The molecule has 8 heteroatoms. The largest absolute Gasteiger partial charge is 0.495 e. The number of nitrogens with one attached hydrogen (secondary N) is 1. The van der Waals surface area contributed by atoms with Gasteiger partial charge in [-0.15, -0.1) is 10.2 Å². The van der Waals surface area contributed by atoms with Gasteiger partial charge in [0, 0.05) is 10.9 Å². The Morgan fingerprint density at radius 1 is 1.48 bits per heavy atom. The maximum atomic E-state index is 12.3. The number of amides is 1. The lowest BCUT2D eigenvalue weighted by Gasteiger charge is -2.13. The lowest BCUT2D eigenvalue weighted by Crippen LogP contribution is -2.22. The Kier molecular flexibility index (Phi) is 4.77. The van der Waals surface area contributed by atoms with Gasteiger partial charge in [0.1, 0.15) is 5.75 Å². The Morgan fingerprint density at radius 3 is 2.96 bits per heavy atom. The van der Waals surface area contributed by atoms with Gasteiger partial charge < -0.3 is 14.5 Å². The van der Waals surface area contributed by atoms with Crippen LogP contribution in [0, 0.1) is 0 Å². The minimum Gasteiger partial charge on any atom is -0.495 e. The fourth-order valence-electron chi connectivity index (χ4n) is 1.98. The van der Waals surface area contributed by atoms with Gasteiger partial charge in [0.05, 0.1) is 18.0 Å². The molecule has 1 aliphatic rings. The van der Waals surface area contributed by atoms with Crippen LogP contribution in [0.25, 0.3) is 0 Å². The second-order valence-corrected chi connectivity index (χ2v) is 7.00. The van der Waals surface area contributed by atoms with Crippen LogP contribution in [0.4, 0.5) is 5.69 Å². The van der Waals surface area contributed by atoms with E-state index in [1.165, 1.54) is 18.9 Å². The van der Waals surface area contributed by atoms with Crippen LogP contribution in [0.15, 0.2) is 27.8 Å². The molecule has 1 aliphatic carbocycles. The van der Waals surface area contributed by atoms with E-state index in [0.717, 1.165) is 12.8 Å². The first-order chi connectivity index (χ1) is 11.1. The van der Waals surface area contributed by atoms with Crippen LogP contribution < -0.4 is 10.1 Å². The molecule has 1 saturated carbocycles. The van der Waals surface area contributed by atoms with Gasteiger partial charge >= 0.3 is 0 Å². The molecule has 1 aromatic heterocycles. The molecule has 1 atom stereocenters. The van der Waals surface area contributed by atoms with E-state index in [0.29, 0.717) is 33.5 Å². The molecule has 0 bridgehead atoms. The van der Waals surface area contributed by atoms with E-state index in [2.05, 4.69) is 15.5 Å². The van der Waals surface area contributed by atoms with E-state index >= 15 is 0 Å². The molecule has 1 amide bonds. The Hall–Kier alpha value is -1.73. The van der Waals surface area contributed by atoms with Gasteiger partial charge in [-0.3, -0.25) is 4.79 Å². The number of methoxy groups -OCH3 is 1. The highest BCUT2D eigenvalue weighted by Gasteiger charge is 2.30. The van der Waals surface area contributed by atoms with Crippen molar-refractivity contribution in [2.75, 3.05) is 12.4 Å². The number of benzene rings is 1. The van der Waals surface area contributed by atoms with Gasteiger partial charge in [0.15, 0.2) is 0 Å². The van der Waals surface area contributed by atoms with Crippen LogP contribution in [0.1, 0.15) is 31.6 Å². The molecular weight excluding hydrogens is 338 g/mol. The number of hydrogen-bond acceptors (Lipinski definition) is 6. The first-order valence-corrected chi connectivity index (χ1v) is 8.47. The Balaban J connectivity index is 1.63. The second kappa shape index (κ2) is 6.80. The maximum absolute atomic E-state index is 12.3. The van der Waals surface area contributed by atoms with E-state index in [9.17, 15) is 4.79 Å². The molecule has 2 aromatic rings. The summed E-state index contributed by atoms with van der Waals surface area (Å²) in [6.07, 6.45) is 2.19. The minimum atomic E-state index is -0.397. The highest BCUT2D eigenvalue weighted by Crippen LogP contribution is 2.40. The molecule has 0 aliphatic heterocycles. The highest BCUT2D eigenvalue weighted by molar-refractivity contribution is 8.00. The van der Waals surface area contributed by atoms with Gasteiger partial charge in [-0.1, -0.05) is 23.4 Å². The third kappa shape index (κ3) is 3.97. The van der Waals surface area contributed by atoms with Crippen molar-refractivity contribution in [3.05, 3.63) is 29.1 Å². The van der Waals surface area contributed by atoms with Crippen LogP contribution >= 0.6 is 23.4 Å². The summed E-state index contributed by atoms with van der Waals surface area (Å²) in [4.78, 5) is 12.3. The molecule has 0 radical (unpaired) electrons. The quantitative estimate of drug-likeness (QED) is 0.797. The van der Waals surface area contributed by atoms with Crippen LogP contribution in [-0.2, 0) is 4.79 Å². The van der Waals surface area contributed by atoms with Crippen molar-refractivity contribution in [1.82, 2.24) is 10.2 Å². The molecule has 1 N–H and O–H groups in total. The number of hydrogen-bond donors (Lipinski definition) is 1. The van der Waals surface area contributed by atoms with Crippen molar-refractivity contribution in [3.63, 3.8) is 0 Å². The van der Waals surface area contributed by atoms with Crippen LogP contribution in [0.2, 0.25) is 5.02 Å². The molecular formula is C15H16ClN3O3S. The standard InChI is InChI=1S/C15H16ClN3O3S/c1-8(23-15-19-18-14(22-15)9-3-4-9)13(20)17-11-7-10(16)5-6-12(11)21-2/h5-9H,3-4H2,1-2H3,(H,17,20)/t8-/m0/s1. The molecule has 0 unspecified atom stereocenters. The smallest absolute Gasteiger partial charge is 0.277 e. The van der Waals surface area contributed by atoms with E-state index < -0.39 is 5.25 Å². The third-order valence-electron chi connectivity index (χ3n) is 3.41. The minimum absolute atomic E-state index is 0.193. The molecule has 1 fully saturated rings. The first kappa shape index (κ1) is 16.1. The normalized spacial score (nSPS) is 15.3. The average molecular weight is 354 g/mol. The Morgan fingerprint density at radius 2 is 2.26 bits per heavy atom. The summed E-state index contributed by atoms with van der Waals surface area (Å²) in [5.41, 5.74) is 0.529. The van der Waals surface area contributed by atoms with Crippen LogP contribution in [0.5, 0.6) is 5.75 Å². The van der Waals surface area contributed by atoms with Gasteiger partial charge in [-0.25, -0.2) is 0 Å². The lowest BCUT2D eigenvalue weighted by molar-refractivity contribution is -0.115. The van der Waals surface area contributed by atoms with Crippen LogP contribution in [0.3, 0.4) is 0 Å². The summed E-state index contributed by atoms with van der Waals surface area (Å²) in [7, 11) is 1.54. The fourth-order valence-corrected chi connectivity index (χ4v) is 2.84. The predicted octanol–water partition coefficient (Wildman–Crippen LogP) is 3.73. The molecule has 0 saturated heterocycles. The fraction of sp³-hybridized carbons (Fsp3) is 0.400. The number of halogens is 1. The zero-order valence-electron chi connectivity index (χ0n) is 12.7. The zero-order valence-corrected chi connectivity index (χ0v) is 14.3. The van der Waals surface area contributed by atoms with Crippen LogP contribution in [-0.4, -0.2) is 28.5 Å². The molecule has 122 valence electrons. The number of ether oxygens (including phenoxy) is 1. The molecule has 3 rings (SSSR count). The summed E-state index contributed by atoms with van der Waals surface area (Å²) in [5.74, 6) is 1.42. The number of nitrogens with zero attached hydrogens (tertiary/aromatic N) is 2. The summed E-state index contributed by atoms with van der Waals surface area (Å²) in [6.45, 7) is 1.78. The summed E-state index contributed by atoms with van der Waals surface area (Å²) in [5, 5.41) is 11.3. The third-order valence-corrected chi connectivity index (χ3v) is 4.58. The van der Waals surface area contributed by atoms with E-state index in [4.69, 9.17) is 20.8 Å². The van der Waals surface area contributed by atoms with Crippen molar-refractivity contribution in [1.29, 1.82) is 0 Å². The van der Waals surface area contributed by atoms with E-state index in [1.54, 1.807) is 25.1 Å². The predicted molar refractivity (Wildman–Crippen MR) is 88.2 cm³/mol. The molecule has 1 aromatic carbocycles. The van der Waals surface area contributed by atoms with Crippen molar-refractivity contribution in [2.45, 2.75) is 36.2 Å². The molecule has 0 spiro atoms. The summed E-state index contributed by atoms with van der Waals surface area (Å²) < 4.78 is 10.8. The lowest BCUT2D eigenvalue weighted by atomic mass is 10.3. The van der Waals surface area contributed by atoms with Crippen molar-refractivity contribution in [2.24, 2.45) is 0 Å². The number of anilines is 1. The molecule has 23 heavy (non-hydrogen) atoms. The highest BCUT2D eigenvalue weighted by atomic mass is 35.5. The molecule has 6 nitrogen and oxygen atoms in total. The summed E-state index contributed by atoms with van der Waals surface area (Å²) in [6, 6.07) is 5.05. The summed E-state index contributed by atoms with van der Waals surface area (Å²) >= 11 is 7.19. The SMILES string of the molecule is COc1ccc(Cl)cc1NC(=O)[C@H](C)Sc1nnc(C2CC2)o1. The first-order valence-electron chi connectivity index (χ1n) is 7.21. The monoisotopic (exact) mass is 353 g/mol. The number of thioether (sulfide) groups is 1. The Bertz CT molecular complexity index is 718. The number of carbonyl (C=O) groups excluding carboxylic acids is 1. The van der Waals surface area contributed by atoms with Crippen molar-refractivity contribution < 1.29 is 13.9 Å². The number of carbonyl (C=O) groups is 1. The average Bonchev–Trinajstić information content (AvgIpc) is 3.28. The van der Waals surface area contributed by atoms with E-state index in [1.807, 2.05) is 0 Å². The second-order valence-electron chi connectivity index (χ2n) is 5.27.